The van der Waals surface area contributed by atoms with Gasteiger partial charge < -0.3 is 5.32 Å². The number of rotatable bonds is 3. The Morgan fingerprint density at radius 2 is 2.23 bits per heavy atom. The predicted molar refractivity (Wildman–Crippen MR) is 89.6 cm³/mol. The van der Waals surface area contributed by atoms with E-state index in [1.54, 1.807) is 16.3 Å². The maximum Gasteiger partial charge on any atom is 0.254 e. The standard InChI is InChI=1S/C15H15N3O2S2/c1-21-12-5-3-2-4-11(12)17-14(20)10-8-18-13(19)6-7-16-15(18)22-9-10/h2-7,10H,8-9H2,1H3,(H,17,20). The summed E-state index contributed by atoms with van der Waals surface area (Å²) in [7, 11) is 0. The fourth-order valence-electron chi connectivity index (χ4n) is 2.29. The average Bonchev–Trinajstić information content (AvgIpc) is 2.55. The fourth-order valence-corrected chi connectivity index (χ4v) is 3.91. The summed E-state index contributed by atoms with van der Waals surface area (Å²) < 4.78 is 1.57. The van der Waals surface area contributed by atoms with Crippen LogP contribution in [0.4, 0.5) is 5.69 Å². The summed E-state index contributed by atoms with van der Waals surface area (Å²) in [6.07, 6.45) is 3.49. The Hall–Kier alpha value is -1.73. The molecule has 0 aliphatic carbocycles. The molecule has 1 aromatic carbocycles. The number of para-hydroxylation sites is 1. The Labute approximate surface area is 136 Å². The molecule has 0 spiro atoms. The van der Waals surface area contributed by atoms with E-state index < -0.39 is 0 Å². The largest absolute Gasteiger partial charge is 0.325 e. The first-order chi connectivity index (χ1) is 10.7. The zero-order valence-electron chi connectivity index (χ0n) is 12.0. The third kappa shape index (κ3) is 3.05. The van der Waals surface area contributed by atoms with E-state index in [1.165, 1.54) is 24.0 Å². The maximum atomic E-state index is 12.5. The number of amides is 1. The van der Waals surface area contributed by atoms with Crippen molar-refractivity contribution in [3.05, 3.63) is 46.9 Å². The van der Waals surface area contributed by atoms with Gasteiger partial charge in [0.25, 0.3) is 5.56 Å². The summed E-state index contributed by atoms with van der Waals surface area (Å²) in [5.74, 6) is 0.328. The van der Waals surface area contributed by atoms with Gasteiger partial charge in [0.15, 0.2) is 5.16 Å². The summed E-state index contributed by atoms with van der Waals surface area (Å²) in [6, 6.07) is 9.13. The summed E-state index contributed by atoms with van der Waals surface area (Å²) in [5.41, 5.74) is 0.703. The Kier molecular flexibility index (Phi) is 4.54. The second kappa shape index (κ2) is 6.58. The lowest BCUT2D eigenvalue weighted by Crippen LogP contribution is -2.36. The highest BCUT2D eigenvalue weighted by Crippen LogP contribution is 2.28. The maximum absolute atomic E-state index is 12.5. The molecule has 1 unspecified atom stereocenters. The van der Waals surface area contributed by atoms with Crippen LogP contribution in [0.5, 0.6) is 0 Å². The molecular formula is C15H15N3O2S2. The zero-order valence-corrected chi connectivity index (χ0v) is 13.6. The number of benzene rings is 1. The normalized spacial score (nSPS) is 16.9. The molecule has 2 aromatic rings. The van der Waals surface area contributed by atoms with Gasteiger partial charge in [-0.3, -0.25) is 14.2 Å². The molecule has 0 bridgehead atoms. The van der Waals surface area contributed by atoms with Gasteiger partial charge in [0.2, 0.25) is 5.91 Å². The number of carbonyl (C=O) groups is 1. The van der Waals surface area contributed by atoms with Crippen molar-refractivity contribution in [3.63, 3.8) is 0 Å². The number of hydrogen-bond acceptors (Lipinski definition) is 5. The van der Waals surface area contributed by atoms with Crippen LogP contribution in [0.2, 0.25) is 0 Å². The number of hydrogen-bond donors (Lipinski definition) is 1. The summed E-state index contributed by atoms with van der Waals surface area (Å²) in [6.45, 7) is 0.377. The second-order valence-electron chi connectivity index (χ2n) is 4.87. The molecule has 0 saturated carbocycles. The Morgan fingerprint density at radius 3 is 3.05 bits per heavy atom. The zero-order chi connectivity index (χ0) is 15.5. The molecule has 5 nitrogen and oxygen atoms in total. The molecule has 22 heavy (non-hydrogen) atoms. The number of carbonyl (C=O) groups excluding carboxylic acids is 1. The molecule has 0 saturated heterocycles. The molecule has 1 aliphatic heterocycles. The number of nitrogens with one attached hydrogen (secondary N) is 1. The molecule has 0 fully saturated rings. The molecular weight excluding hydrogens is 318 g/mol. The highest BCUT2D eigenvalue weighted by Gasteiger charge is 2.26. The van der Waals surface area contributed by atoms with Crippen molar-refractivity contribution in [1.82, 2.24) is 9.55 Å². The monoisotopic (exact) mass is 333 g/mol. The van der Waals surface area contributed by atoms with E-state index in [9.17, 15) is 9.59 Å². The first-order valence-corrected chi connectivity index (χ1v) is 9.02. The minimum atomic E-state index is -0.241. The van der Waals surface area contributed by atoms with Crippen molar-refractivity contribution in [2.24, 2.45) is 5.92 Å². The van der Waals surface area contributed by atoms with Crippen LogP contribution in [0.25, 0.3) is 0 Å². The van der Waals surface area contributed by atoms with Gasteiger partial charge in [0.1, 0.15) is 0 Å². The molecule has 3 rings (SSSR count). The van der Waals surface area contributed by atoms with Crippen molar-refractivity contribution < 1.29 is 4.79 Å². The molecule has 0 radical (unpaired) electrons. The van der Waals surface area contributed by atoms with Gasteiger partial charge in [-0.05, 0) is 18.4 Å². The second-order valence-corrected chi connectivity index (χ2v) is 6.71. The van der Waals surface area contributed by atoms with Gasteiger partial charge in [0, 0.05) is 29.5 Å². The van der Waals surface area contributed by atoms with Gasteiger partial charge in [0.05, 0.1) is 11.6 Å². The van der Waals surface area contributed by atoms with E-state index in [1.807, 2.05) is 30.5 Å². The fraction of sp³-hybridized carbons (Fsp3) is 0.267. The first kappa shape index (κ1) is 15.2. The van der Waals surface area contributed by atoms with Crippen LogP contribution in [-0.4, -0.2) is 27.5 Å². The van der Waals surface area contributed by atoms with Crippen LogP contribution >= 0.6 is 23.5 Å². The third-order valence-corrected chi connectivity index (χ3v) is 5.40. The van der Waals surface area contributed by atoms with E-state index in [0.717, 1.165) is 10.6 Å². The lowest BCUT2D eigenvalue weighted by atomic mass is 10.1. The first-order valence-electron chi connectivity index (χ1n) is 6.81. The highest BCUT2D eigenvalue weighted by atomic mass is 32.2. The Morgan fingerprint density at radius 1 is 1.41 bits per heavy atom. The number of thioether (sulfide) groups is 2. The van der Waals surface area contributed by atoms with Crippen molar-refractivity contribution >= 4 is 35.1 Å². The number of fused-ring (bicyclic) bond motifs is 1. The van der Waals surface area contributed by atoms with Gasteiger partial charge in [-0.15, -0.1) is 11.8 Å². The number of anilines is 1. The highest BCUT2D eigenvalue weighted by molar-refractivity contribution is 7.99. The van der Waals surface area contributed by atoms with Crippen molar-refractivity contribution in [1.29, 1.82) is 0 Å². The van der Waals surface area contributed by atoms with Crippen LogP contribution in [0.15, 0.2) is 51.4 Å². The lowest BCUT2D eigenvalue weighted by Gasteiger charge is -2.24. The minimum absolute atomic E-state index is 0.0598. The van der Waals surface area contributed by atoms with Gasteiger partial charge in [-0.1, -0.05) is 23.9 Å². The summed E-state index contributed by atoms with van der Waals surface area (Å²) >= 11 is 3.04. The van der Waals surface area contributed by atoms with Crippen molar-refractivity contribution in [3.8, 4) is 0 Å². The number of aromatic nitrogens is 2. The van der Waals surface area contributed by atoms with E-state index in [0.29, 0.717) is 17.5 Å². The molecule has 1 N–H and O–H groups in total. The van der Waals surface area contributed by atoms with Crippen LogP contribution in [0.1, 0.15) is 0 Å². The molecule has 1 amide bonds. The van der Waals surface area contributed by atoms with Crippen LogP contribution in [0.3, 0.4) is 0 Å². The Balaban J connectivity index is 1.77. The lowest BCUT2D eigenvalue weighted by molar-refractivity contribution is -0.119. The molecule has 2 heterocycles. The molecule has 114 valence electrons. The smallest absolute Gasteiger partial charge is 0.254 e. The van der Waals surface area contributed by atoms with Crippen molar-refractivity contribution in [2.75, 3.05) is 17.3 Å². The third-order valence-electron chi connectivity index (χ3n) is 3.45. The molecule has 1 aromatic heterocycles. The van der Waals surface area contributed by atoms with Gasteiger partial charge >= 0.3 is 0 Å². The van der Waals surface area contributed by atoms with Crippen LogP contribution in [0, 0.1) is 5.92 Å². The van der Waals surface area contributed by atoms with E-state index in [2.05, 4.69) is 10.3 Å². The molecule has 1 aliphatic rings. The minimum Gasteiger partial charge on any atom is -0.325 e. The molecule has 7 heteroatoms. The van der Waals surface area contributed by atoms with Gasteiger partial charge in [-0.2, -0.15) is 0 Å². The summed E-state index contributed by atoms with van der Waals surface area (Å²) in [4.78, 5) is 29.6. The number of nitrogens with zero attached hydrogens (tertiary/aromatic N) is 2. The quantitative estimate of drug-likeness (QED) is 0.690. The van der Waals surface area contributed by atoms with E-state index in [-0.39, 0.29) is 17.4 Å². The molecule has 1 atom stereocenters. The van der Waals surface area contributed by atoms with Crippen molar-refractivity contribution in [2.45, 2.75) is 16.6 Å². The average molecular weight is 333 g/mol. The summed E-state index contributed by atoms with van der Waals surface area (Å²) in [5, 5.41) is 3.65. The van der Waals surface area contributed by atoms with Crippen LogP contribution in [-0.2, 0) is 11.3 Å². The predicted octanol–water partition coefficient (Wildman–Crippen LogP) is 2.33. The van der Waals surface area contributed by atoms with Gasteiger partial charge in [-0.25, -0.2) is 4.98 Å². The topological polar surface area (TPSA) is 64.0 Å². The van der Waals surface area contributed by atoms with Crippen LogP contribution < -0.4 is 10.9 Å². The van der Waals surface area contributed by atoms with E-state index in [4.69, 9.17) is 0 Å². The van der Waals surface area contributed by atoms with E-state index >= 15 is 0 Å². The Bertz CT molecular complexity index is 760. The SMILES string of the molecule is CSc1ccccc1NC(=O)C1CSc2nccc(=O)n2C1.